The lowest BCUT2D eigenvalue weighted by molar-refractivity contribution is -0.127. The molecule has 1 N–H and O–H groups in total. The van der Waals surface area contributed by atoms with Crippen LogP contribution in [0.5, 0.6) is 0 Å². The summed E-state index contributed by atoms with van der Waals surface area (Å²) in [4.78, 5) is 11.1. The van der Waals surface area contributed by atoms with Crippen LogP contribution in [0.15, 0.2) is 0 Å². The molecule has 1 atom stereocenters. The minimum Gasteiger partial charge on any atom is -0.355 e. The Kier molecular flexibility index (Phi) is 3.04. The summed E-state index contributed by atoms with van der Waals surface area (Å²) in [6, 6.07) is 1.78. The van der Waals surface area contributed by atoms with E-state index in [1.807, 2.05) is 0 Å². The standard InChI is InChI=1S/C9H12F2N2O/c1-6(4-12)8(14)13-5-7-2-9(10,11)3-7/h6-7H,2-3,5H2,1H3,(H,13,14). The van der Waals surface area contributed by atoms with E-state index < -0.39 is 11.8 Å². The zero-order valence-corrected chi connectivity index (χ0v) is 7.89. The fourth-order valence-corrected chi connectivity index (χ4v) is 1.39. The van der Waals surface area contributed by atoms with Crippen molar-refractivity contribution in [2.45, 2.75) is 25.7 Å². The molecule has 1 aliphatic rings. The van der Waals surface area contributed by atoms with Gasteiger partial charge in [-0.25, -0.2) is 8.78 Å². The number of amides is 1. The largest absolute Gasteiger partial charge is 0.355 e. The Hall–Kier alpha value is -1.18. The van der Waals surface area contributed by atoms with E-state index in [0.29, 0.717) is 0 Å². The highest BCUT2D eigenvalue weighted by Gasteiger charge is 2.45. The van der Waals surface area contributed by atoms with E-state index in [2.05, 4.69) is 5.32 Å². The first-order valence-corrected chi connectivity index (χ1v) is 4.50. The Morgan fingerprint density at radius 2 is 2.29 bits per heavy atom. The lowest BCUT2D eigenvalue weighted by atomic mass is 9.81. The molecule has 5 heteroatoms. The zero-order valence-electron chi connectivity index (χ0n) is 7.89. The topological polar surface area (TPSA) is 52.9 Å². The van der Waals surface area contributed by atoms with E-state index in [0.717, 1.165) is 0 Å². The highest BCUT2D eigenvalue weighted by Crippen LogP contribution is 2.41. The Labute approximate surface area is 81.1 Å². The van der Waals surface area contributed by atoms with Crippen LogP contribution in [0, 0.1) is 23.2 Å². The van der Waals surface area contributed by atoms with Gasteiger partial charge in [-0.2, -0.15) is 5.26 Å². The van der Waals surface area contributed by atoms with E-state index in [1.54, 1.807) is 6.07 Å². The Bertz CT molecular complexity index is 264. The van der Waals surface area contributed by atoms with Gasteiger partial charge in [0.1, 0.15) is 5.92 Å². The van der Waals surface area contributed by atoms with Crippen LogP contribution in [0.4, 0.5) is 8.78 Å². The molecule has 0 spiro atoms. The lowest BCUT2D eigenvalue weighted by Crippen LogP contribution is -2.43. The third kappa shape index (κ3) is 2.66. The fraction of sp³-hybridized carbons (Fsp3) is 0.778. The average Bonchev–Trinajstić information content (AvgIpc) is 2.09. The number of nitriles is 1. The van der Waals surface area contributed by atoms with Gasteiger partial charge < -0.3 is 5.32 Å². The fourth-order valence-electron chi connectivity index (χ4n) is 1.39. The minimum atomic E-state index is -2.55. The molecule has 14 heavy (non-hydrogen) atoms. The summed E-state index contributed by atoms with van der Waals surface area (Å²) >= 11 is 0. The van der Waals surface area contributed by atoms with Crippen molar-refractivity contribution in [3.8, 4) is 6.07 Å². The van der Waals surface area contributed by atoms with Crippen molar-refractivity contribution in [2.75, 3.05) is 6.54 Å². The van der Waals surface area contributed by atoms with Crippen molar-refractivity contribution in [1.29, 1.82) is 5.26 Å². The molecule has 1 saturated carbocycles. The Morgan fingerprint density at radius 3 is 2.71 bits per heavy atom. The predicted molar refractivity (Wildman–Crippen MR) is 45.5 cm³/mol. The maximum absolute atomic E-state index is 12.4. The molecule has 0 heterocycles. The van der Waals surface area contributed by atoms with Crippen LogP contribution < -0.4 is 5.32 Å². The average molecular weight is 202 g/mol. The van der Waals surface area contributed by atoms with Crippen molar-refractivity contribution < 1.29 is 13.6 Å². The summed E-state index contributed by atoms with van der Waals surface area (Å²) in [5.74, 6) is -3.78. The number of alkyl halides is 2. The molecule has 1 amide bonds. The van der Waals surface area contributed by atoms with Crippen molar-refractivity contribution in [3.05, 3.63) is 0 Å². The van der Waals surface area contributed by atoms with Gasteiger partial charge in [0.25, 0.3) is 0 Å². The first kappa shape index (κ1) is 10.9. The molecule has 0 saturated heterocycles. The quantitative estimate of drug-likeness (QED) is 0.750. The van der Waals surface area contributed by atoms with Crippen LogP contribution in [0.1, 0.15) is 19.8 Å². The van der Waals surface area contributed by atoms with E-state index in [-0.39, 0.29) is 31.2 Å². The first-order valence-electron chi connectivity index (χ1n) is 4.50. The number of hydrogen-bond acceptors (Lipinski definition) is 2. The maximum atomic E-state index is 12.4. The van der Waals surface area contributed by atoms with E-state index in [1.165, 1.54) is 6.92 Å². The maximum Gasteiger partial charge on any atom is 0.248 e. The van der Waals surface area contributed by atoms with Gasteiger partial charge in [0.2, 0.25) is 11.8 Å². The van der Waals surface area contributed by atoms with E-state index in [4.69, 9.17) is 5.26 Å². The molecular formula is C9H12F2N2O. The summed E-state index contributed by atoms with van der Waals surface area (Å²) in [6.45, 7) is 1.73. The highest BCUT2D eigenvalue weighted by atomic mass is 19.3. The summed E-state index contributed by atoms with van der Waals surface area (Å²) < 4.78 is 24.7. The van der Waals surface area contributed by atoms with Gasteiger partial charge >= 0.3 is 0 Å². The summed E-state index contributed by atoms with van der Waals surface area (Å²) in [7, 11) is 0. The van der Waals surface area contributed by atoms with E-state index >= 15 is 0 Å². The molecule has 1 rings (SSSR count). The third-order valence-electron chi connectivity index (χ3n) is 2.33. The van der Waals surface area contributed by atoms with E-state index in [9.17, 15) is 13.6 Å². The molecule has 0 radical (unpaired) electrons. The second-order valence-electron chi connectivity index (χ2n) is 3.73. The molecule has 1 unspecified atom stereocenters. The van der Waals surface area contributed by atoms with Crippen molar-refractivity contribution in [1.82, 2.24) is 5.32 Å². The first-order chi connectivity index (χ1) is 6.44. The second kappa shape index (κ2) is 3.91. The predicted octanol–water partition coefficient (Wildman–Crippen LogP) is 1.31. The monoisotopic (exact) mass is 202 g/mol. The molecule has 1 fully saturated rings. The van der Waals surface area contributed by atoms with Crippen LogP contribution in [0.25, 0.3) is 0 Å². The molecule has 0 aliphatic heterocycles. The molecule has 0 aromatic carbocycles. The number of nitrogens with zero attached hydrogens (tertiary/aromatic N) is 1. The Morgan fingerprint density at radius 1 is 1.71 bits per heavy atom. The smallest absolute Gasteiger partial charge is 0.248 e. The zero-order chi connectivity index (χ0) is 10.8. The van der Waals surface area contributed by atoms with Gasteiger partial charge in [-0.3, -0.25) is 4.79 Å². The lowest BCUT2D eigenvalue weighted by Gasteiger charge is -2.34. The van der Waals surface area contributed by atoms with Gasteiger partial charge in [-0.1, -0.05) is 0 Å². The normalized spacial score (nSPS) is 21.9. The van der Waals surface area contributed by atoms with Gasteiger partial charge in [0, 0.05) is 19.4 Å². The number of rotatable bonds is 3. The molecular weight excluding hydrogens is 190 g/mol. The summed E-state index contributed by atoms with van der Waals surface area (Å²) in [5.41, 5.74) is 0. The third-order valence-corrected chi connectivity index (χ3v) is 2.33. The molecule has 0 bridgehead atoms. The van der Waals surface area contributed by atoms with Crippen LogP contribution in [-0.4, -0.2) is 18.4 Å². The molecule has 1 aliphatic carbocycles. The molecule has 0 aromatic rings. The molecule has 78 valence electrons. The minimum absolute atomic E-state index is 0.139. The number of halogens is 2. The number of hydrogen-bond donors (Lipinski definition) is 1. The van der Waals surface area contributed by atoms with Gasteiger partial charge in [-0.05, 0) is 12.8 Å². The highest BCUT2D eigenvalue weighted by molar-refractivity contribution is 5.80. The molecule has 3 nitrogen and oxygen atoms in total. The van der Waals surface area contributed by atoms with Crippen molar-refractivity contribution >= 4 is 5.91 Å². The number of nitrogens with one attached hydrogen (secondary N) is 1. The molecule has 0 aromatic heterocycles. The van der Waals surface area contributed by atoms with Crippen LogP contribution in [-0.2, 0) is 4.79 Å². The van der Waals surface area contributed by atoms with Gasteiger partial charge in [0.05, 0.1) is 6.07 Å². The van der Waals surface area contributed by atoms with Crippen molar-refractivity contribution in [3.63, 3.8) is 0 Å². The summed E-state index contributed by atoms with van der Waals surface area (Å²) in [6.07, 6.45) is -0.317. The number of carbonyl (C=O) groups excluding carboxylic acids is 1. The van der Waals surface area contributed by atoms with Crippen LogP contribution in [0.3, 0.4) is 0 Å². The van der Waals surface area contributed by atoms with Gasteiger partial charge in [0.15, 0.2) is 0 Å². The van der Waals surface area contributed by atoms with Crippen LogP contribution >= 0.6 is 0 Å². The Balaban J connectivity index is 2.18. The number of carbonyl (C=O) groups is 1. The second-order valence-corrected chi connectivity index (χ2v) is 3.73. The van der Waals surface area contributed by atoms with Gasteiger partial charge in [-0.15, -0.1) is 0 Å². The van der Waals surface area contributed by atoms with Crippen molar-refractivity contribution in [2.24, 2.45) is 11.8 Å². The summed E-state index contributed by atoms with van der Waals surface area (Å²) in [5, 5.41) is 10.9. The SMILES string of the molecule is CC(C#N)C(=O)NCC1CC(F)(F)C1. The van der Waals surface area contributed by atoms with Crippen LogP contribution in [0.2, 0.25) is 0 Å².